The van der Waals surface area contributed by atoms with E-state index >= 15 is 0 Å². The van der Waals surface area contributed by atoms with Gasteiger partial charge in [0.2, 0.25) is 5.91 Å². The Morgan fingerprint density at radius 2 is 2.18 bits per heavy atom. The van der Waals surface area contributed by atoms with Crippen molar-refractivity contribution in [2.75, 3.05) is 13.1 Å². The minimum absolute atomic E-state index is 0.283. The Hall–Kier alpha value is -0.570. The molecule has 0 fully saturated rings. The third-order valence-corrected chi connectivity index (χ3v) is 1.43. The molecule has 0 aromatic heterocycles. The molecule has 0 bridgehead atoms. The summed E-state index contributed by atoms with van der Waals surface area (Å²) in [6.07, 6.45) is 2.32. The summed E-state index contributed by atoms with van der Waals surface area (Å²) < 4.78 is 0. The average molecular weight is 158 g/mol. The van der Waals surface area contributed by atoms with Crippen molar-refractivity contribution in [1.29, 1.82) is 0 Å². The highest BCUT2D eigenvalue weighted by Gasteiger charge is 1.94. The standard InChI is InChI=1S/C8H18N2O/c1-7(2)4-3-5-10-6-8(9)11/h7,10H,3-6H2,1-2H3,(H2,9,11). The summed E-state index contributed by atoms with van der Waals surface area (Å²) in [5.74, 6) is 0.458. The normalized spacial score (nSPS) is 10.5. The predicted molar refractivity (Wildman–Crippen MR) is 46.1 cm³/mol. The van der Waals surface area contributed by atoms with Crippen LogP contribution in [0.2, 0.25) is 0 Å². The lowest BCUT2D eigenvalue weighted by Gasteiger charge is -2.04. The molecule has 0 rings (SSSR count). The van der Waals surface area contributed by atoms with Crippen LogP contribution in [0.3, 0.4) is 0 Å². The fraction of sp³-hybridized carbons (Fsp3) is 0.875. The van der Waals surface area contributed by atoms with Crippen molar-refractivity contribution in [1.82, 2.24) is 5.32 Å². The molecule has 0 aromatic carbocycles. The van der Waals surface area contributed by atoms with Crippen LogP contribution in [0.25, 0.3) is 0 Å². The van der Waals surface area contributed by atoms with Gasteiger partial charge in [-0.25, -0.2) is 0 Å². The van der Waals surface area contributed by atoms with E-state index in [1.807, 2.05) is 0 Å². The number of primary amides is 1. The van der Waals surface area contributed by atoms with Gasteiger partial charge in [0.1, 0.15) is 0 Å². The van der Waals surface area contributed by atoms with Crippen molar-refractivity contribution in [3.05, 3.63) is 0 Å². The van der Waals surface area contributed by atoms with E-state index in [4.69, 9.17) is 5.73 Å². The van der Waals surface area contributed by atoms with Gasteiger partial charge >= 0.3 is 0 Å². The van der Waals surface area contributed by atoms with Crippen molar-refractivity contribution in [3.8, 4) is 0 Å². The summed E-state index contributed by atoms with van der Waals surface area (Å²) in [7, 11) is 0. The van der Waals surface area contributed by atoms with Crippen LogP contribution in [0.5, 0.6) is 0 Å². The first kappa shape index (κ1) is 10.4. The third kappa shape index (κ3) is 9.43. The highest BCUT2D eigenvalue weighted by atomic mass is 16.1. The molecule has 1 amide bonds. The smallest absolute Gasteiger partial charge is 0.231 e. The number of hydrogen-bond donors (Lipinski definition) is 2. The molecule has 0 aromatic rings. The van der Waals surface area contributed by atoms with Gasteiger partial charge in [-0.15, -0.1) is 0 Å². The van der Waals surface area contributed by atoms with E-state index < -0.39 is 0 Å². The number of nitrogens with two attached hydrogens (primary N) is 1. The van der Waals surface area contributed by atoms with Gasteiger partial charge in [0.15, 0.2) is 0 Å². The van der Waals surface area contributed by atoms with Crippen molar-refractivity contribution in [3.63, 3.8) is 0 Å². The summed E-state index contributed by atoms with van der Waals surface area (Å²) >= 11 is 0. The molecule has 3 N–H and O–H groups in total. The van der Waals surface area contributed by atoms with Crippen molar-refractivity contribution < 1.29 is 4.79 Å². The van der Waals surface area contributed by atoms with Crippen molar-refractivity contribution >= 4 is 5.91 Å². The topological polar surface area (TPSA) is 55.1 Å². The van der Waals surface area contributed by atoms with Gasteiger partial charge in [-0.2, -0.15) is 0 Å². The van der Waals surface area contributed by atoms with E-state index in [0.29, 0.717) is 6.54 Å². The molecule has 0 saturated heterocycles. The largest absolute Gasteiger partial charge is 0.369 e. The quantitative estimate of drug-likeness (QED) is 0.553. The van der Waals surface area contributed by atoms with Crippen LogP contribution in [-0.2, 0) is 4.79 Å². The average Bonchev–Trinajstić information content (AvgIpc) is 1.85. The number of nitrogens with one attached hydrogen (secondary N) is 1. The van der Waals surface area contributed by atoms with E-state index in [1.165, 1.54) is 6.42 Å². The van der Waals surface area contributed by atoms with E-state index in [0.717, 1.165) is 18.9 Å². The molecule has 11 heavy (non-hydrogen) atoms. The molecule has 0 radical (unpaired) electrons. The van der Waals surface area contributed by atoms with Gasteiger partial charge in [0.05, 0.1) is 6.54 Å². The van der Waals surface area contributed by atoms with Crippen LogP contribution in [0.15, 0.2) is 0 Å². The lowest BCUT2D eigenvalue weighted by Crippen LogP contribution is -2.29. The molecule has 0 atom stereocenters. The highest BCUT2D eigenvalue weighted by molar-refractivity contribution is 5.75. The first-order valence-corrected chi connectivity index (χ1v) is 4.12. The van der Waals surface area contributed by atoms with Crippen molar-refractivity contribution in [2.24, 2.45) is 11.7 Å². The molecule has 0 aliphatic carbocycles. The highest BCUT2D eigenvalue weighted by Crippen LogP contribution is 2.01. The zero-order valence-corrected chi connectivity index (χ0v) is 7.39. The zero-order valence-electron chi connectivity index (χ0n) is 7.39. The summed E-state index contributed by atoms with van der Waals surface area (Å²) in [5.41, 5.74) is 4.93. The number of amides is 1. The number of carbonyl (C=O) groups excluding carboxylic acids is 1. The number of rotatable bonds is 6. The molecular weight excluding hydrogens is 140 g/mol. The molecule has 66 valence electrons. The Morgan fingerprint density at radius 1 is 1.55 bits per heavy atom. The van der Waals surface area contributed by atoms with Crippen LogP contribution < -0.4 is 11.1 Å². The van der Waals surface area contributed by atoms with E-state index in [9.17, 15) is 4.79 Å². The lowest BCUT2D eigenvalue weighted by molar-refractivity contribution is -0.117. The van der Waals surface area contributed by atoms with Gasteiger partial charge in [-0.1, -0.05) is 13.8 Å². The van der Waals surface area contributed by atoms with Crippen LogP contribution in [0.4, 0.5) is 0 Å². The van der Waals surface area contributed by atoms with Gasteiger partial charge < -0.3 is 11.1 Å². The SMILES string of the molecule is CC(C)CCCNCC(N)=O. The summed E-state index contributed by atoms with van der Waals surface area (Å²) in [5, 5.41) is 2.97. The fourth-order valence-electron chi connectivity index (χ4n) is 0.847. The molecule has 0 aliphatic heterocycles. The molecule has 0 spiro atoms. The number of hydrogen-bond acceptors (Lipinski definition) is 2. The second kappa shape index (κ2) is 6.16. The van der Waals surface area contributed by atoms with Gasteiger partial charge in [0.25, 0.3) is 0 Å². The zero-order chi connectivity index (χ0) is 8.69. The van der Waals surface area contributed by atoms with Crippen LogP contribution in [0, 0.1) is 5.92 Å². The van der Waals surface area contributed by atoms with Gasteiger partial charge in [-0.3, -0.25) is 4.79 Å². The van der Waals surface area contributed by atoms with E-state index in [2.05, 4.69) is 19.2 Å². The molecular formula is C8H18N2O. The predicted octanol–water partition coefficient (Wildman–Crippen LogP) is 0.497. The minimum atomic E-state index is -0.283. The fourth-order valence-corrected chi connectivity index (χ4v) is 0.847. The summed E-state index contributed by atoms with van der Waals surface area (Å²) in [4.78, 5) is 10.3. The first-order valence-electron chi connectivity index (χ1n) is 4.12. The summed E-state index contributed by atoms with van der Waals surface area (Å²) in [6.45, 7) is 5.57. The van der Waals surface area contributed by atoms with E-state index in [-0.39, 0.29) is 5.91 Å². The maximum Gasteiger partial charge on any atom is 0.231 e. The van der Waals surface area contributed by atoms with Crippen LogP contribution in [0.1, 0.15) is 26.7 Å². The molecule has 0 unspecified atom stereocenters. The van der Waals surface area contributed by atoms with Gasteiger partial charge in [0, 0.05) is 0 Å². The molecule has 0 saturated carbocycles. The Kier molecular flexibility index (Phi) is 5.84. The molecule has 0 aliphatic rings. The van der Waals surface area contributed by atoms with Crippen molar-refractivity contribution in [2.45, 2.75) is 26.7 Å². The van der Waals surface area contributed by atoms with E-state index in [1.54, 1.807) is 0 Å². The van der Waals surface area contributed by atoms with Gasteiger partial charge in [-0.05, 0) is 25.3 Å². The van der Waals surface area contributed by atoms with Crippen LogP contribution in [-0.4, -0.2) is 19.0 Å². The first-order chi connectivity index (χ1) is 5.13. The second-order valence-corrected chi connectivity index (χ2v) is 3.18. The number of carbonyl (C=O) groups is 1. The summed E-state index contributed by atoms with van der Waals surface area (Å²) in [6, 6.07) is 0. The maximum absolute atomic E-state index is 10.3. The Labute approximate surface area is 68.3 Å². The molecule has 3 heteroatoms. The lowest BCUT2D eigenvalue weighted by atomic mass is 10.1. The molecule has 0 heterocycles. The third-order valence-electron chi connectivity index (χ3n) is 1.43. The minimum Gasteiger partial charge on any atom is -0.369 e. The monoisotopic (exact) mass is 158 g/mol. The Bertz CT molecular complexity index is 113. The van der Waals surface area contributed by atoms with Crippen LogP contribution >= 0.6 is 0 Å². The molecule has 3 nitrogen and oxygen atoms in total. The maximum atomic E-state index is 10.3. The Balaban J connectivity index is 2.97. The Morgan fingerprint density at radius 3 is 2.64 bits per heavy atom. The second-order valence-electron chi connectivity index (χ2n) is 3.18.